The molecule has 1 aliphatic carbocycles. The summed E-state index contributed by atoms with van der Waals surface area (Å²) in [4.78, 5) is 35.8. The van der Waals surface area contributed by atoms with Crippen LogP contribution in [0.15, 0.2) is 41.7 Å². The highest BCUT2D eigenvalue weighted by molar-refractivity contribution is 5.77. The van der Waals surface area contributed by atoms with Crippen molar-refractivity contribution in [3.05, 3.63) is 53.0 Å². The zero-order chi connectivity index (χ0) is 19.1. The van der Waals surface area contributed by atoms with Crippen LogP contribution in [0.1, 0.15) is 50.1 Å². The van der Waals surface area contributed by atoms with Crippen molar-refractivity contribution in [2.24, 2.45) is 0 Å². The lowest BCUT2D eigenvalue weighted by atomic mass is 9.99. The summed E-state index contributed by atoms with van der Waals surface area (Å²) in [7, 11) is 0. The van der Waals surface area contributed by atoms with Crippen molar-refractivity contribution in [1.29, 1.82) is 0 Å². The highest BCUT2D eigenvalue weighted by Gasteiger charge is 2.44. The summed E-state index contributed by atoms with van der Waals surface area (Å²) in [6.45, 7) is 0.0674. The van der Waals surface area contributed by atoms with Crippen LogP contribution >= 0.6 is 0 Å². The van der Waals surface area contributed by atoms with E-state index in [0.717, 1.165) is 50.0 Å². The molecular weight excluding hydrogens is 356 g/mol. The average Bonchev–Trinajstić information content (AvgIpc) is 3.50. The smallest absolute Gasteiger partial charge is 0.254 e. The Morgan fingerprint density at radius 1 is 1.18 bits per heavy atom. The topological polar surface area (TPSA) is 77.3 Å². The maximum Gasteiger partial charge on any atom is 0.254 e. The lowest BCUT2D eigenvalue weighted by Crippen LogP contribution is -2.50. The molecule has 0 aromatic carbocycles. The van der Waals surface area contributed by atoms with E-state index in [0.29, 0.717) is 5.92 Å². The van der Waals surface area contributed by atoms with Gasteiger partial charge in [-0.25, -0.2) is 4.98 Å². The number of carbonyl (C=O) groups is 1. The van der Waals surface area contributed by atoms with Crippen molar-refractivity contribution in [3.8, 4) is 5.75 Å². The first-order valence-electron chi connectivity index (χ1n) is 10.1. The summed E-state index contributed by atoms with van der Waals surface area (Å²) in [5, 5.41) is 0. The molecule has 3 aliphatic rings. The molecule has 1 saturated carbocycles. The fourth-order valence-corrected chi connectivity index (χ4v) is 4.63. The third-order valence-electron chi connectivity index (χ3n) is 6.12. The van der Waals surface area contributed by atoms with E-state index in [-0.39, 0.29) is 36.2 Å². The zero-order valence-corrected chi connectivity index (χ0v) is 15.7. The van der Waals surface area contributed by atoms with Gasteiger partial charge in [-0.2, -0.15) is 0 Å². The number of pyridine rings is 1. The first-order valence-corrected chi connectivity index (χ1v) is 10.1. The molecule has 0 radical (unpaired) electrons. The second kappa shape index (κ2) is 7.04. The van der Waals surface area contributed by atoms with Crippen LogP contribution in [0.25, 0.3) is 0 Å². The number of fused-ring (bicyclic) bond motifs is 2. The van der Waals surface area contributed by atoms with Gasteiger partial charge in [0.1, 0.15) is 18.4 Å². The van der Waals surface area contributed by atoms with Gasteiger partial charge >= 0.3 is 0 Å². The highest BCUT2D eigenvalue weighted by atomic mass is 16.5. The number of aromatic nitrogens is 3. The van der Waals surface area contributed by atoms with Crippen molar-refractivity contribution in [1.82, 2.24) is 19.4 Å². The fraction of sp³-hybridized carbons (Fsp3) is 0.524. The Morgan fingerprint density at radius 3 is 2.61 bits per heavy atom. The van der Waals surface area contributed by atoms with Gasteiger partial charge in [-0.05, 0) is 37.8 Å². The predicted octanol–water partition coefficient (Wildman–Crippen LogP) is 2.12. The lowest BCUT2D eigenvalue weighted by molar-refractivity contribution is -0.137. The Labute approximate surface area is 163 Å². The Balaban J connectivity index is 1.25. The van der Waals surface area contributed by atoms with Gasteiger partial charge in [0.25, 0.3) is 5.56 Å². The molecular formula is C21H24N4O3. The van der Waals surface area contributed by atoms with Crippen LogP contribution in [-0.4, -0.2) is 43.5 Å². The minimum absolute atomic E-state index is 0.00963. The van der Waals surface area contributed by atoms with Crippen LogP contribution < -0.4 is 10.3 Å². The molecule has 3 fully saturated rings. The molecule has 7 nitrogen and oxygen atoms in total. The Morgan fingerprint density at radius 2 is 1.96 bits per heavy atom. The van der Waals surface area contributed by atoms with Gasteiger partial charge in [0.05, 0.1) is 18.2 Å². The quantitative estimate of drug-likeness (QED) is 0.794. The third-order valence-corrected chi connectivity index (χ3v) is 6.12. The molecule has 1 amide bonds. The van der Waals surface area contributed by atoms with Gasteiger partial charge in [0.2, 0.25) is 5.91 Å². The van der Waals surface area contributed by atoms with Gasteiger partial charge in [-0.3, -0.25) is 19.1 Å². The van der Waals surface area contributed by atoms with E-state index in [1.165, 1.54) is 10.9 Å². The average molecular weight is 380 g/mol. The normalized spacial score (nSPS) is 26.3. The first kappa shape index (κ1) is 17.4. The van der Waals surface area contributed by atoms with Crippen molar-refractivity contribution >= 4 is 5.91 Å². The Kier molecular flexibility index (Phi) is 4.37. The van der Waals surface area contributed by atoms with Crippen LogP contribution in [-0.2, 0) is 11.3 Å². The molecule has 2 aliphatic heterocycles. The van der Waals surface area contributed by atoms with E-state index in [9.17, 15) is 9.59 Å². The molecule has 2 saturated heterocycles. The molecule has 0 N–H and O–H groups in total. The molecule has 5 rings (SSSR count). The standard InChI is InChI=1S/C21H24N4O3/c26-20-10-19(14-3-4-14)23-13-24(20)12-21(27)25-15-5-6-16(25)9-18(8-15)28-17-2-1-7-22-11-17/h1-2,7,10-11,13-16,18H,3-6,8-9,12H2. The van der Waals surface area contributed by atoms with Gasteiger partial charge in [-0.15, -0.1) is 0 Å². The van der Waals surface area contributed by atoms with E-state index in [1.54, 1.807) is 18.5 Å². The number of carbonyl (C=O) groups excluding carboxylic acids is 1. The highest BCUT2D eigenvalue weighted by Crippen LogP contribution is 2.38. The van der Waals surface area contributed by atoms with Gasteiger partial charge in [-0.1, -0.05) is 0 Å². The Hall–Kier alpha value is -2.70. The predicted molar refractivity (Wildman–Crippen MR) is 102 cm³/mol. The van der Waals surface area contributed by atoms with Crippen LogP contribution in [0.4, 0.5) is 0 Å². The number of rotatable bonds is 5. The minimum Gasteiger partial charge on any atom is -0.489 e. The molecule has 28 heavy (non-hydrogen) atoms. The summed E-state index contributed by atoms with van der Waals surface area (Å²) in [6.07, 6.45) is 10.9. The second-order valence-electron chi connectivity index (χ2n) is 8.14. The lowest BCUT2D eigenvalue weighted by Gasteiger charge is -2.39. The maximum atomic E-state index is 13.0. The largest absolute Gasteiger partial charge is 0.489 e. The van der Waals surface area contributed by atoms with Crippen molar-refractivity contribution in [2.75, 3.05) is 0 Å². The number of ether oxygens (including phenoxy) is 1. The van der Waals surface area contributed by atoms with Gasteiger partial charge < -0.3 is 9.64 Å². The van der Waals surface area contributed by atoms with E-state index in [4.69, 9.17) is 4.74 Å². The number of amides is 1. The summed E-state index contributed by atoms with van der Waals surface area (Å²) < 4.78 is 7.51. The number of hydrogen-bond donors (Lipinski definition) is 0. The third kappa shape index (κ3) is 3.41. The van der Waals surface area contributed by atoms with Crippen LogP contribution in [0, 0.1) is 0 Å². The van der Waals surface area contributed by atoms with E-state index < -0.39 is 0 Å². The summed E-state index contributed by atoms with van der Waals surface area (Å²) in [6, 6.07) is 5.73. The van der Waals surface area contributed by atoms with Crippen LogP contribution in [0.5, 0.6) is 5.75 Å². The molecule has 2 bridgehead atoms. The van der Waals surface area contributed by atoms with Crippen molar-refractivity contribution < 1.29 is 9.53 Å². The second-order valence-corrected chi connectivity index (χ2v) is 8.14. The SMILES string of the molecule is O=C(Cn1cnc(C2CC2)cc1=O)N1C2CCC1CC(Oc1cccnc1)C2. The maximum absolute atomic E-state index is 13.0. The van der Waals surface area contributed by atoms with E-state index in [1.807, 2.05) is 17.0 Å². The minimum atomic E-state index is -0.132. The molecule has 2 aromatic heterocycles. The number of nitrogens with zero attached hydrogens (tertiary/aromatic N) is 4. The van der Waals surface area contributed by atoms with Crippen molar-refractivity contribution in [2.45, 2.75) is 69.2 Å². The van der Waals surface area contributed by atoms with E-state index in [2.05, 4.69) is 9.97 Å². The van der Waals surface area contributed by atoms with Gasteiger partial charge in [0, 0.05) is 43.1 Å². The monoisotopic (exact) mass is 380 g/mol. The Bertz CT molecular complexity index is 911. The molecule has 4 heterocycles. The zero-order valence-electron chi connectivity index (χ0n) is 15.7. The summed E-state index contributed by atoms with van der Waals surface area (Å²) in [5.74, 6) is 1.23. The van der Waals surface area contributed by atoms with Crippen LogP contribution in [0.3, 0.4) is 0 Å². The molecule has 7 heteroatoms. The van der Waals surface area contributed by atoms with Crippen LogP contribution in [0.2, 0.25) is 0 Å². The van der Waals surface area contributed by atoms with E-state index >= 15 is 0 Å². The van der Waals surface area contributed by atoms with Gasteiger partial charge in [0.15, 0.2) is 0 Å². The number of hydrogen-bond acceptors (Lipinski definition) is 5. The molecule has 2 atom stereocenters. The summed E-state index contributed by atoms with van der Waals surface area (Å²) in [5.41, 5.74) is 0.731. The van der Waals surface area contributed by atoms with Crippen molar-refractivity contribution in [3.63, 3.8) is 0 Å². The first-order chi connectivity index (χ1) is 13.7. The number of piperidine rings is 1. The molecule has 2 aromatic rings. The summed E-state index contributed by atoms with van der Waals surface area (Å²) >= 11 is 0. The fourth-order valence-electron chi connectivity index (χ4n) is 4.63. The molecule has 0 spiro atoms. The molecule has 146 valence electrons. The molecule has 2 unspecified atom stereocenters.